The SMILES string of the molecule is Cc1nc(C)c2c(n1)CCC1CCCN21. The average molecular weight is 203 g/mol. The van der Waals surface area contributed by atoms with Gasteiger partial charge in [0.15, 0.2) is 0 Å². The second kappa shape index (κ2) is 3.19. The molecule has 15 heavy (non-hydrogen) atoms. The molecule has 3 nitrogen and oxygen atoms in total. The molecule has 1 fully saturated rings. The standard InChI is InChI=1S/C12H17N3/c1-8-12-11(14-9(2)13-8)6-5-10-4-3-7-15(10)12/h10H,3-7H2,1-2H3. The third kappa shape index (κ3) is 1.33. The average Bonchev–Trinajstić information content (AvgIpc) is 2.63. The quantitative estimate of drug-likeness (QED) is 0.646. The van der Waals surface area contributed by atoms with Crippen LogP contribution in [0.4, 0.5) is 5.69 Å². The van der Waals surface area contributed by atoms with Crippen molar-refractivity contribution in [3.8, 4) is 0 Å². The Morgan fingerprint density at radius 3 is 2.93 bits per heavy atom. The number of hydrogen-bond acceptors (Lipinski definition) is 3. The van der Waals surface area contributed by atoms with Gasteiger partial charge in [-0.15, -0.1) is 0 Å². The van der Waals surface area contributed by atoms with Crippen LogP contribution in [0.2, 0.25) is 0 Å². The van der Waals surface area contributed by atoms with Gasteiger partial charge in [0.05, 0.1) is 17.1 Å². The van der Waals surface area contributed by atoms with Gasteiger partial charge in [0, 0.05) is 12.6 Å². The summed E-state index contributed by atoms with van der Waals surface area (Å²) in [5, 5.41) is 0. The van der Waals surface area contributed by atoms with Crippen LogP contribution in [-0.4, -0.2) is 22.6 Å². The van der Waals surface area contributed by atoms with E-state index in [0.717, 1.165) is 18.3 Å². The van der Waals surface area contributed by atoms with Crippen molar-refractivity contribution in [2.75, 3.05) is 11.4 Å². The molecule has 0 aromatic carbocycles. The van der Waals surface area contributed by atoms with Crippen LogP contribution in [-0.2, 0) is 6.42 Å². The highest BCUT2D eigenvalue weighted by Gasteiger charge is 2.32. The third-order valence-electron chi connectivity index (χ3n) is 3.62. The van der Waals surface area contributed by atoms with E-state index in [-0.39, 0.29) is 0 Å². The maximum absolute atomic E-state index is 4.58. The molecule has 0 radical (unpaired) electrons. The Balaban J connectivity index is 2.12. The number of aromatic nitrogens is 2. The molecule has 1 unspecified atom stereocenters. The first kappa shape index (κ1) is 9.13. The second-order valence-electron chi connectivity index (χ2n) is 4.68. The molecule has 1 aromatic rings. The van der Waals surface area contributed by atoms with E-state index in [4.69, 9.17) is 0 Å². The van der Waals surface area contributed by atoms with Gasteiger partial charge < -0.3 is 4.90 Å². The topological polar surface area (TPSA) is 29.0 Å². The van der Waals surface area contributed by atoms with Crippen LogP contribution in [0.25, 0.3) is 0 Å². The van der Waals surface area contributed by atoms with Crippen molar-refractivity contribution in [2.24, 2.45) is 0 Å². The monoisotopic (exact) mass is 203 g/mol. The summed E-state index contributed by atoms with van der Waals surface area (Å²) in [6.45, 7) is 5.31. The van der Waals surface area contributed by atoms with Crippen LogP contribution in [0.15, 0.2) is 0 Å². The highest BCUT2D eigenvalue weighted by atomic mass is 15.2. The Bertz CT molecular complexity index is 400. The molecule has 0 amide bonds. The smallest absolute Gasteiger partial charge is 0.125 e. The first-order valence-electron chi connectivity index (χ1n) is 5.86. The van der Waals surface area contributed by atoms with Crippen LogP contribution >= 0.6 is 0 Å². The van der Waals surface area contributed by atoms with E-state index in [1.165, 1.54) is 42.9 Å². The van der Waals surface area contributed by atoms with E-state index in [0.29, 0.717) is 0 Å². The molecule has 3 heteroatoms. The zero-order valence-corrected chi connectivity index (χ0v) is 9.45. The van der Waals surface area contributed by atoms with Gasteiger partial charge in [-0.1, -0.05) is 0 Å². The summed E-state index contributed by atoms with van der Waals surface area (Å²) in [6.07, 6.45) is 5.10. The molecule has 0 N–H and O–H groups in total. The van der Waals surface area contributed by atoms with Gasteiger partial charge in [-0.2, -0.15) is 0 Å². The fraction of sp³-hybridized carbons (Fsp3) is 0.667. The zero-order chi connectivity index (χ0) is 10.4. The molecule has 3 heterocycles. The summed E-state index contributed by atoms with van der Waals surface area (Å²) in [7, 11) is 0. The lowest BCUT2D eigenvalue weighted by Crippen LogP contribution is -2.35. The lowest BCUT2D eigenvalue weighted by Gasteiger charge is -2.33. The van der Waals surface area contributed by atoms with Gasteiger partial charge in [-0.3, -0.25) is 0 Å². The molecule has 1 saturated heterocycles. The number of aryl methyl sites for hydroxylation is 3. The van der Waals surface area contributed by atoms with E-state index in [1.807, 2.05) is 6.92 Å². The van der Waals surface area contributed by atoms with E-state index < -0.39 is 0 Å². The van der Waals surface area contributed by atoms with E-state index in [9.17, 15) is 0 Å². The largest absolute Gasteiger partial charge is 0.366 e. The number of rotatable bonds is 0. The third-order valence-corrected chi connectivity index (χ3v) is 3.62. The predicted molar refractivity (Wildman–Crippen MR) is 60.2 cm³/mol. The minimum atomic E-state index is 0.766. The molecule has 0 aliphatic carbocycles. The number of fused-ring (bicyclic) bond motifs is 3. The first-order valence-corrected chi connectivity index (χ1v) is 5.86. The van der Waals surface area contributed by atoms with E-state index in [1.54, 1.807) is 0 Å². The summed E-state index contributed by atoms with van der Waals surface area (Å²) >= 11 is 0. The Kier molecular flexibility index (Phi) is 1.94. The molecule has 3 rings (SSSR count). The molecular weight excluding hydrogens is 186 g/mol. The van der Waals surface area contributed by atoms with Crippen LogP contribution in [0.3, 0.4) is 0 Å². The highest BCUT2D eigenvalue weighted by Crippen LogP contribution is 2.36. The molecule has 0 spiro atoms. The Hall–Kier alpha value is -1.12. The number of nitrogens with zero attached hydrogens (tertiary/aromatic N) is 3. The van der Waals surface area contributed by atoms with Crippen molar-refractivity contribution in [2.45, 2.75) is 45.6 Å². The van der Waals surface area contributed by atoms with E-state index in [2.05, 4.69) is 21.8 Å². The van der Waals surface area contributed by atoms with Crippen LogP contribution in [0.5, 0.6) is 0 Å². The van der Waals surface area contributed by atoms with Crippen molar-refractivity contribution in [3.05, 3.63) is 17.2 Å². The Morgan fingerprint density at radius 1 is 1.20 bits per heavy atom. The lowest BCUT2D eigenvalue weighted by atomic mass is 10.00. The van der Waals surface area contributed by atoms with Gasteiger partial charge in [0.2, 0.25) is 0 Å². The molecule has 0 saturated carbocycles. The second-order valence-corrected chi connectivity index (χ2v) is 4.68. The van der Waals surface area contributed by atoms with Crippen LogP contribution in [0.1, 0.15) is 36.5 Å². The zero-order valence-electron chi connectivity index (χ0n) is 9.45. The van der Waals surface area contributed by atoms with Crippen LogP contribution in [0, 0.1) is 13.8 Å². The van der Waals surface area contributed by atoms with Crippen molar-refractivity contribution < 1.29 is 0 Å². The highest BCUT2D eigenvalue weighted by molar-refractivity contribution is 5.58. The van der Waals surface area contributed by atoms with Crippen molar-refractivity contribution in [3.63, 3.8) is 0 Å². The minimum Gasteiger partial charge on any atom is -0.366 e. The van der Waals surface area contributed by atoms with Gasteiger partial charge in [-0.05, 0) is 39.5 Å². The van der Waals surface area contributed by atoms with Gasteiger partial charge >= 0.3 is 0 Å². The maximum Gasteiger partial charge on any atom is 0.125 e. The van der Waals surface area contributed by atoms with Crippen LogP contribution < -0.4 is 4.90 Å². The molecular formula is C12H17N3. The molecule has 2 aliphatic heterocycles. The molecule has 80 valence electrons. The van der Waals surface area contributed by atoms with Gasteiger partial charge in [0.25, 0.3) is 0 Å². The number of anilines is 1. The summed E-state index contributed by atoms with van der Waals surface area (Å²) in [6, 6.07) is 0.766. The predicted octanol–water partition coefficient (Wildman–Crippen LogP) is 2.01. The van der Waals surface area contributed by atoms with Crippen molar-refractivity contribution in [1.29, 1.82) is 0 Å². The molecule has 2 aliphatic rings. The fourth-order valence-electron chi connectivity index (χ4n) is 3.06. The van der Waals surface area contributed by atoms with Crippen molar-refractivity contribution >= 4 is 5.69 Å². The molecule has 1 atom stereocenters. The van der Waals surface area contributed by atoms with E-state index >= 15 is 0 Å². The van der Waals surface area contributed by atoms with Crippen molar-refractivity contribution in [1.82, 2.24) is 9.97 Å². The van der Waals surface area contributed by atoms with Gasteiger partial charge in [-0.25, -0.2) is 9.97 Å². The first-order chi connectivity index (χ1) is 7.25. The van der Waals surface area contributed by atoms with Gasteiger partial charge in [0.1, 0.15) is 5.82 Å². The Morgan fingerprint density at radius 2 is 2.07 bits per heavy atom. The summed E-state index contributed by atoms with van der Waals surface area (Å²) in [5.74, 6) is 0.920. The maximum atomic E-state index is 4.58. The summed E-state index contributed by atoms with van der Waals surface area (Å²) in [5.41, 5.74) is 3.79. The Labute approximate surface area is 90.5 Å². The lowest BCUT2D eigenvalue weighted by molar-refractivity contribution is 0.572. The fourth-order valence-corrected chi connectivity index (χ4v) is 3.06. The number of hydrogen-bond donors (Lipinski definition) is 0. The summed E-state index contributed by atoms with van der Waals surface area (Å²) < 4.78 is 0. The molecule has 0 bridgehead atoms. The minimum absolute atomic E-state index is 0.766. The summed E-state index contributed by atoms with van der Waals surface area (Å²) in [4.78, 5) is 11.6. The normalized spacial score (nSPS) is 23.9. The molecule has 1 aromatic heterocycles.